The van der Waals surface area contributed by atoms with Crippen molar-refractivity contribution < 1.29 is 9.21 Å². The van der Waals surface area contributed by atoms with Gasteiger partial charge in [-0.2, -0.15) is 0 Å². The summed E-state index contributed by atoms with van der Waals surface area (Å²) < 4.78 is 5.81. The third kappa shape index (κ3) is 5.12. The van der Waals surface area contributed by atoms with Crippen molar-refractivity contribution in [2.24, 2.45) is 0 Å². The lowest BCUT2D eigenvalue weighted by Crippen LogP contribution is -2.48. The van der Waals surface area contributed by atoms with Gasteiger partial charge in [0.1, 0.15) is 0 Å². The molecule has 0 N–H and O–H groups in total. The number of carbonyl (C=O) groups excluding carboxylic acids is 1. The highest BCUT2D eigenvalue weighted by atomic mass is 16.4. The van der Waals surface area contributed by atoms with E-state index < -0.39 is 0 Å². The number of aryl methyl sites for hydroxylation is 2. The average Bonchev–Trinajstić information content (AvgIpc) is 3.22. The topological polar surface area (TPSA) is 49.6 Å². The molecule has 0 radical (unpaired) electrons. The second kappa shape index (κ2) is 9.05. The Balaban J connectivity index is 1.24. The molecule has 1 amide bonds. The van der Waals surface area contributed by atoms with E-state index in [4.69, 9.17) is 4.42 Å². The molecule has 5 nitrogen and oxygen atoms in total. The van der Waals surface area contributed by atoms with Crippen LogP contribution in [0.5, 0.6) is 0 Å². The van der Waals surface area contributed by atoms with Crippen LogP contribution in [-0.2, 0) is 17.8 Å². The zero-order chi connectivity index (χ0) is 20.1. The number of nitrogens with zero attached hydrogens (tertiary/aromatic N) is 3. The average molecular weight is 389 g/mol. The van der Waals surface area contributed by atoms with Crippen LogP contribution in [0.15, 0.2) is 65.2 Å². The van der Waals surface area contributed by atoms with Crippen LogP contribution in [-0.4, -0.2) is 46.9 Å². The van der Waals surface area contributed by atoms with Gasteiger partial charge in [-0.3, -0.25) is 9.69 Å². The summed E-state index contributed by atoms with van der Waals surface area (Å²) in [6, 6.07) is 18.5. The van der Waals surface area contributed by atoms with Crippen LogP contribution in [0.2, 0.25) is 0 Å². The maximum atomic E-state index is 12.6. The summed E-state index contributed by atoms with van der Waals surface area (Å²) >= 11 is 0. The number of carbonyl (C=O) groups is 1. The van der Waals surface area contributed by atoms with E-state index in [-0.39, 0.29) is 5.91 Å². The minimum Gasteiger partial charge on any atom is -0.441 e. The predicted octanol–water partition coefficient (Wildman–Crippen LogP) is 3.93. The van der Waals surface area contributed by atoms with Crippen molar-refractivity contribution in [3.63, 3.8) is 0 Å². The number of aromatic nitrogens is 1. The highest BCUT2D eigenvalue weighted by Crippen LogP contribution is 2.20. The van der Waals surface area contributed by atoms with Crippen molar-refractivity contribution in [3.05, 3.63) is 77.8 Å². The number of hydrogen-bond acceptors (Lipinski definition) is 4. The van der Waals surface area contributed by atoms with E-state index in [1.165, 1.54) is 11.1 Å². The number of benzene rings is 2. The number of rotatable bonds is 6. The third-order valence-electron chi connectivity index (χ3n) is 5.38. The Labute approximate surface area is 172 Å². The summed E-state index contributed by atoms with van der Waals surface area (Å²) in [5.41, 5.74) is 3.63. The van der Waals surface area contributed by atoms with Crippen LogP contribution in [0.3, 0.4) is 0 Å². The molecule has 1 fully saturated rings. The highest BCUT2D eigenvalue weighted by Gasteiger charge is 2.21. The summed E-state index contributed by atoms with van der Waals surface area (Å²) in [6.07, 6.45) is 2.71. The summed E-state index contributed by atoms with van der Waals surface area (Å²) in [6.45, 7) is 6.46. The second-order valence-electron chi connectivity index (χ2n) is 7.63. The molecule has 2 aromatic carbocycles. The molecular weight excluding hydrogens is 362 g/mol. The monoisotopic (exact) mass is 389 g/mol. The van der Waals surface area contributed by atoms with Gasteiger partial charge in [0.2, 0.25) is 5.91 Å². The first-order chi connectivity index (χ1) is 14.2. The van der Waals surface area contributed by atoms with Gasteiger partial charge < -0.3 is 9.32 Å². The van der Waals surface area contributed by atoms with Gasteiger partial charge in [-0.25, -0.2) is 4.98 Å². The molecule has 5 heteroatoms. The first-order valence-corrected chi connectivity index (χ1v) is 10.2. The van der Waals surface area contributed by atoms with Gasteiger partial charge >= 0.3 is 0 Å². The Morgan fingerprint density at radius 1 is 1.03 bits per heavy atom. The predicted molar refractivity (Wildman–Crippen MR) is 113 cm³/mol. The summed E-state index contributed by atoms with van der Waals surface area (Å²) in [5, 5.41) is 0. The largest absolute Gasteiger partial charge is 0.441 e. The number of amides is 1. The van der Waals surface area contributed by atoms with Crippen molar-refractivity contribution in [1.29, 1.82) is 0 Å². The van der Waals surface area contributed by atoms with Gasteiger partial charge in [0.15, 0.2) is 11.7 Å². The zero-order valence-corrected chi connectivity index (χ0v) is 16.9. The fraction of sp³-hybridized carbons (Fsp3) is 0.333. The highest BCUT2D eigenvalue weighted by molar-refractivity contribution is 5.76. The molecule has 4 rings (SSSR count). The fourth-order valence-corrected chi connectivity index (χ4v) is 3.76. The summed E-state index contributed by atoms with van der Waals surface area (Å²) in [4.78, 5) is 21.3. The maximum absolute atomic E-state index is 12.6. The normalized spacial score (nSPS) is 14.9. The molecule has 150 valence electrons. The minimum absolute atomic E-state index is 0.180. The molecule has 1 aromatic heterocycles. The Morgan fingerprint density at radius 2 is 1.83 bits per heavy atom. The quantitative estimate of drug-likeness (QED) is 0.641. The molecule has 1 aliphatic rings. The maximum Gasteiger partial charge on any atom is 0.223 e. The van der Waals surface area contributed by atoms with Gasteiger partial charge in [0.25, 0.3) is 0 Å². The first kappa shape index (κ1) is 19.4. The first-order valence-electron chi connectivity index (χ1n) is 10.2. The lowest BCUT2D eigenvalue weighted by atomic mass is 10.1. The number of hydrogen-bond donors (Lipinski definition) is 0. The Morgan fingerprint density at radius 3 is 2.59 bits per heavy atom. The molecule has 29 heavy (non-hydrogen) atoms. The number of piperazine rings is 1. The van der Waals surface area contributed by atoms with E-state index in [1.54, 1.807) is 6.20 Å². The van der Waals surface area contributed by atoms with Gasteiger partial charge in [-0.1, -0.05) is 60.2 Å². The van der Waals surface area contributed by atoms with Crippen LogP contribution in [0.25, 0.3) is 11.3 Å². The SMILES string of the molecule is Cc1cccc(CN2CCN(C(=O)CCc3ncc(-c4ccccc4)o3)CC2)c1. The van der Waals surface area contributed by atoms with Crippen molar-refractivity contribution in [2.45, 2.75) is 26.3 Å². The van der Waals surface area contributed by atoms with E-state index in [0.29, 0.717) is 18.7 Å². The van der Waals surface area contributed by atoms with E-state index in [0.717, 1.165) is 44.0 Å². The molecule has 0 unspecified atom stereocenters. The molecule has 0 atom stereocenters. The second-order valence-corrected chi connectivity index (χ2v) is 7.63. The minimum atomic E-state index is 0.180. The van der Waals surface area contributed by atoms with Crippen molar-refractivity contribution >= 4 is 5.91 Å². The molecule has 2 heterocycles. The zero-order valence-electron chi connectivity index (χ0n) is 16.9. The molecular formula is C24H27N3O2. The van der Waals surface area contributed by atoms with Crippen LogP contribution in [0.1, 0.15) is 23.4 Å². The van der Waals surface area contributed by atoms with Gasteiger partial charge in [0.05, 0.1) is 6.20 Å². The molecule has 3 aromatic rings. The summed E-state index contributed by atoms with van der Waals surface area (Å²) in [7, 11) is 0. The lowest BCUT2D eigenvalue weighted by molar-refractivity contribution is -0.133. The van der Waals surface area contributed by atoms with Gasteiger partial charge in [-0.15, -0.1) is 0 Å². The van der Waals surface area contributed by atoms with Crippen molar-refractivity contribution in [3.8, 4) is 11.3 Å². The molecule has 0 saturated carbocycles. The molecule has 0 bridgehead atoms. The van der Waals surface area contributed by atoms with Crippen LogP contribution in [0, 0.1) is 6.92 Å². The molecule has 0 aliphatic carbocycles. The Kier molecular flexibility index (Phi) is 6.06. The lowest BCUT2D eigenvalue weighted by Gasteiger charge is -2.34. The fourth-order valence-electron chi connectivity index (χ4n) is 3.76. The standard InChI is InChI=1S/C24H27N3O2/c1-19-6-5-7-20(16-19)18-26-12-14-27(15-13-26)24(28)11-10-23-25-17-22(29-23)21-8-3-2-4-9-21/h2-9,16-17H,10-15,18H2,1H3. The van der Waals surface area contributed by atoms with Gasteiger partial charge in [-0.05, 0) is 12.5 Å². The molecule has 0 spiro atoms. The third-order valence-corrected chi connectivity index (χ3v) is 5.38. The molecule has 1 saturated heterocycles. The Bertz CT molecular complexity index is 944. The smallest absolute Gasteiger partial charge is 0.223 e. The van der Waals surface area contributed by atoms with E-state index in [2.05, 4.69) is 41.1 Å². The van der Waals surface area contributed by atoms with Crippen LogP contribution < -0.4 is 0 Å². The van der Waals surface area contributed by atoms with Crippen molar-refractivity contribution in [1.82, 2.24) is 14.8 Å². The van der Waals surface area contributed by atoms with Crippen LogP contribution in [0.4, 0.5) is 0 Å². The van der Waals surface area contributed by atoms with E-state index in [1.807, 2.05) is 35.2 Å². The van der Waals surface area contributed by atoms with Gasteiger partial charge in [0, 0.05) is 51.1 Å². The van der Waals surface area contributed by atoms with E-state index >= 15 is 0 Å². The van der Waals surface area contributed by atoms with Crippen LogP contribution >= 0.6 is 0 Å². The van der Waals surface area contributed by atoms with Crippen molar-refractivity contribution in [2.75, 3.05) is 26.2 Å². The summed E-state index contributed by atoms with van der Waals surface area (Å²) in [5.74, 6) is 1.55. The Hall–Kier alpha value is -2.92. The number of oxazole rings is 1. The van der Waals surface area contributed by atoms with E-state index in [9.17, 15) is 4.79 Å². The molecule has 1 aliphatic heterocycles.